The van der Waals surface area contributed by atoms with E-state index in [0.29, 0.717) is 28.1 Å². The number of anilines is 1. The number of methoxy groups -OCH3 is 2. The molecule has 0 saturated heterocycles. The molecule has 0 amide bonds. The zero-order valence-corrected chi connectivity index (χ0v) is 36.8. The lowest BCUT2D eigenvalue weighted by Crippen LogP contribution is -2.38. The summed E-state index contributed by atoms with van der Waals surface area (Å²) in [5, 5.41) is 28.6. The maximum atomic E-state index is 12.5. The molecule has 328 valence electrons. The van der Waals surface area contributed by atoms with Gasteiger partial charge in [0.05, 0.1) is 20.4 Å². The number of thiazole rings is 1. The van der Waals surface area contributed by atoms with Crippen LogP contribution in [0.1, 0.15) is 33.5 Å². The van der Waals surface area contributed by atoms with Gasteiger partial charge < -0.3 is 38.6 Å². The quantitative estimate of drug-likeness (QED) is 0.0229. The van der Waals surface area contributed by atoms with Gasteiger partial charge in [-0.25, -0.2) is 14.8 Å². The number of thioether (sulfide) groups is 1. The Morgan fingerprint density at radius 1 is 0.754 bits per heavy atom. The highest BCUT2D eigenvalue weighted by molar-refractivity contribution is 7.99. The van der Waals surface area contributed by atoms with Crippen LogP contribution in [-0.4, -0.2) is 63.5 Å². The number of oxime groups is 1. The van der Waals surface area contributed by atoms with Crippen LogP contribution in [0, 0.1) is 0 Å². The molecule has 0 atom stereocenters. The molecule has 3 heterocycles. The first-order valence-corrected chi connectivity index (χ1v) is 22.1. The van der Waals surface area contributed by atoms with E-state index in [4.69, 9.17) is 33.2 Å². The first-order chi connectivity index (χ1) is 31.9. The van der Waals surface area contributed by atoms with Crippen LogP contribution < -0.4 is 24.3 Å². The number of carbonyl (C=O) groups is 1. The third-order valence-corrected chi connectivity index (χ3v) is 11.5. The molecule has 2 N–H and O–H groups in total. The van der Waals surface area contributed by atoms with Crippen molar-refractivity contribution in [2.45, 2.75) is 24.0 Å². The molecule has 14 nitrogen and oxygen atoms in total. The van der Waals surface area contributed by atoms with Crippen LogP contribution in [0.5, 0.6) is 23.0 Å². The second kappa shape index (κ2) is 21.1. The standard InChI is InChI=1S/C49H42N6O8S2/c1-58-38-22-18-33(19-23-38)30-60-42-28-40(50-29-43(42)61-31-34-20-24-39(59-2)25-21-34)45-53-54-48(63-45)64-27-26-62-55-44(46(56)57)41-32-65-47(51-41)52-49(35-12-6-3-7-13-35,36-14-8-4-9-15-36)37-16-10-5-11-17-37/h3-25,28-29,32H,26-27,30-31H2,1-2H3,(H,51,52)(H,56,57)/b55-44-. The van der Waals surface area contributed by atoms with E-state index in [1.807, 2.05) is 103 Å². The van der Waals surface area contributed by atoms with E-state index in [2.05, 4.69) is 62.1 Å². The molecule has 5 aromatic carbocycles. The van der Waals surface area contributed by atoms with E-state index in [1.54, 1.807) is 31.9 Å². The van der Waals surface area contributed by atoms with Crippen LogP contribution in [0.2, 0.25) is 0 Å². The number of ether oxygens (including phenoxy) is 4. The highest BCUT2D eigenvalue weighted by atomic mass is 32.2. The van der Waals surface area contributed by atoms with Gasteiger partial charge in [0.15, 0.2) is 16.6 Å². The van der Waals surface area contributed by atoms with E-state index < -0.39 is 11.5 Å². The smallest absolute Gasteiger partial charge is 0.360 e. The van der Waals surface area contributed by atoms with Crippen LogP contribution in [0.3, 0.4) is 0 Å². The Bertz CT molecular complexity index is 2710. The Hall–Kier alpha value is -7.69. The average Bonchev–Trinajstić information content (AvgIpc) is 4.04. The number of hydrogen-bond acceptors (Lipinski definition) is 15. The number of carboxylic acids is 1. The lowest BCUT2D eigenvalue weighted by atomic mass is 9.77. The molecule has 0 aliphatic rings. The summed E-state index contributed by atoms with van der Waals surface area (Å²) >= 11 is 2.49. The van der Waals surface area contributed by atoms with E-state index in [1.165, 1.54) is 23.1 Å². The zero-order chi connectivity index (χ0) is 44.9. The molecule has 8 rings (SSSR count). The summed E-state index contributed by atoms with van der Waals surface area (Å²) in [6.45, 7) is 0.559. The van der Waals surface area contributed by atoms with Crippen molar-refractivity contribution < 1.29 is 38.1 Å². The lowest BCUT2D eigenvalue weighted by molar-refractivity contribution is -0.129. The number of hydrogen-bond donors (Lipinski definition) is 2. The fourth-order valence-corrected chi connectivity index (χ4v) is 8.07. The summed E-state index contributed by atoms with van der Waals surface area (Å²) in [6, 6.07) is 47.0. The fourth-order valence-electron chi connectivity index (χ4n) is 6.75. The minimum Gasteiger partial charge on any atom is -0.497 e. The van der Waals surface area contributed by atoms with Crippen molar-refractivity contribution in [3.63, 3.8) is 0 Å². The molecular weight excluding hydrogens is 865 g/mol. The summed E-state index contributed by atoms with van der Waals surface area (Å²) in [5.74, 6) is 1.54. The van der Waals surface area contributed by atoms with Crippen LogP contribution in [0.4, 0.5) is 5.13 Å². The molecule has 0 aliphatic carbocycles. The summed E-state index contributed by atoms with van der Waals surface area (Å²) in [4.78, 5) is 27.2. The van der Waals surface area contributed by atoms with Crippen molar-refractivity contribution in [1.29, 1.82) is 0 Å². The van der Waals surface area contributed by atoms with Crippen LogP contribution in [-0.2, 0) is 28.4 Å². The SMILES string of the molecule is COc1ccc(COc2cnc(-c3nnc(SCCO/N=C(\C(=O)O)c4csc(NC(c5ccccc5)(c5ccccc5)c5ccccc5)n4)o3)cc2OCc2ccc(OC)cc2)cc1. The molecule has 0 aliphatic heterocycles. The third kappa shape index (κ3) is 10.7. The van der Waals surface area contributed by atoms with Gasteiger partial charge in [-0.2, -0.15) is 0 Å². The van der Waals surface area contributed by atoms with Gasteiger partial charge in [0.25, 0.3) is 11.1 Å². The Balaban J connectivity index is 0.926. The predicted octanol–water partition coefficient (Wildman–Crippen LogP) is 9.76. The molecule has 3 aromatic heterocycles. The second-order valence-corrected chi connectivity index (χ2v) is 16.0. The van der Waals surface area contributed by atoms with Crippen molar-refractivity contribution in [1.82, 2.24) is 20.2 Å². The number of nitrogens with one attached hydrogen (secondary N) is 1. The van der Waals surface area contributed by atoms with Crippen LogP contribution in [0.15, 0.2) is 172 Å². The van der Waals surface area contributed by atoms with Gasteiger partial charge in [-0.1, -0.05) is 132 Å². The maximum absolute atomic E-state index is 12.5. The maximum Gasteiger partial charge on any atom is 0.360 e. The van der Waals surface area contributed by atoms with Crippen LogP contribution >= 0.6 is 23.1 Å². The van der Waals surface area contributed by atoms with Gasteiger partial charge in [0, 0.05) is 17.2 Å². The van der Waals surface area contributed by atoms with E-state index in [-0.39, 0.29) is 42.3 Å². The highest BCUT2D eigenvalue weighted by Crippen LogP contribution is 2.41. The molecule has 0 unspecified atom stereocenters. The number of aliphatic carboxylic acids is 1. The van der Waals surface area contributed by atoms with Crippen molar-refractivity contribution in [2.75, 3.05) is 31.9 Å². The molecule has 16 heteroatoms. The van der Waals surface area contributed by atoms with Crippen molar-refractivity contribution in [3.05, 3.63) is 191 Å². The Morgan fingerprint density at radius 2 is 1.31 bits per heavy atom. The van der Waals surface area contributed by atoms with Gasteiger partial charge in [0.1, 0.15) is 48.2 Å². The minimum absolute atomic E-state index is 0.0371. The monoisotopic (exact) mass is 906 g/mol. The first-order valence-electron chi connectivity index (χ1n) is 20.2. The minimum atomic E-state index is -1.28. The zero-order valence-electron chi connectivity index (χ0n) is 35.2. The van der Waals surface area contributed by atoms with E-state index >= 15 is 0 Å². The number of benzene rings is 5. The lowest BCUT2D eigenvalue weighted by Gasteiger charge is -2.36. The predicted molar refractivity (Wildman–Crippen MR) is 248 cm³/mol. The normalized spacial score (nSPS) is 11.4. The highest BCUT2D eigenvalue weighted by Gasteiger charge is 2.37. The van der Waals surface area contributed by atoms with Crippen molar-refractivity contribution >= 4 is 39.9 Å². The second-order valence-electron chi connectivity index (χ2n) is 14.1. The van der Waals surface area contributed by atoms with Gasteiger partial charge in [-0.15, -0.1) is 21.5 Å². The number of nitrogens with zero attached hydrogens (tertiary/aromatic N) is 5. The van der Waals surface area contributed by atoms with Gasteiger partial charge in [0.2, 0.25) is 5.71 Å². The third-order valence-electron chi connectivity index (χ3n) is 9.98. The van der Waals surface area contributed by atoms with Gasteiger partial charge >= 0.3 is 5.97 Å². The fraction of sp³-hybridized carbons (Fsp3) is 0.143. The molecule has 0 bridgehead atoms. The molecular formula is C49H42N6O8S2. The summed E-state index contributed by atoms with van der Waals surface area (Å²) < 4.78 is 28.9. The molecule has 65 heavy (non-hydrogen) atoms. The van der Waals surface area contributed by atoms with Crippen LogP contribution in [0.25, 0.3) is 11.6 Å². The van der Waals surface area contributed by atoms with E-state index in [0.717, 1.165) is 39.3 Å². The number of pyridine rings is 1. The topological polar surface area (TPSA) is 173 Å². The van der Waals surface area contributed by atoms with Gasteiger partial charge in [-0.05, 0) is 52.1 Å². The largest absolute Gasteiger partial charge is 0.497 e. The Morgan fingerprint density at radius 3 is 1.85 bits per heavy atom. The van der Waals surface area contributed by atoms with Gasteiger partial charge in [-0.3, -0.25) is 0 Å². The molecule has 0 radical (unpaired) electrons. The summed E-state index contributed by atoms with van der Waals surface area (Å²) in [7, 11) is 3.23. The Labute approximate surface area is 382 Å². The average molecular weight is 907 g/mol. The van der Waals surface area contributed by atoms with Crippen molar-refractivity contribution in [2.24, 2.45) is 5.16 Å². The molecule has 0 spiro atoms. The summed E-state index contributed by atoms with van der Waals surface area (Å²) in [5.41, 5.74) is 4.15. The Kier molecular flexibility index (Phi) is 14.3. The van der Waals surface area contributed by atoms with E-state index in [9.17, 15) is 9.90 Å². The van der Waals surface area contributed by atoms with Crippen molar-refractivity contribution in [3.8, 4) is 34.6 Å². The molecule has 0 saturated carbocycles. The summed E-state index contributed by atoms with van der Waals surface area (Å²) in [6.07, 6.45) is 1.55. The number of aromatic nitrogens is 4. The first kappa shape index (κ1) is 43.9. The molecule has 8 aromatic rings. The molecule has 0 fully saturated rings. The number of rotatable bonds is 21. The number of carboxylic acid groups (broad SMARTS) is 1.